The monoisotopic (exact) mass is 349 g/mol. The van der Waals surface area contributed by atoms with Gasteiger partial charge in [-0.25, -0.2) is 0 Å². The Bertz CT molecular complexity index is 551. The molecule has 0 bridgehead atoms. The molecular weight excluding hydrogens is 318 g/mol. The summed E-state index contributed by atoms with van der Waals surface area (Å²) in [6, 6.07) is 0. The third-order valence-electron chi connectivity index (χ3n) is 5.24. The Morgan fingerprint density at radius 2 is 1.83 bits per heavy atom. The minimum atomic E-state index is 0.119. The van der Waals surface area contributed by atoms with Crippen LogP contribution in [0.4, 0.5) is 0 Å². The summed E-state index contributed by atoms with van der Waals surface area (Å²) < 4.78 is 0. The lowest BCUT2D eigenvalue weighted by molar-refractivity contribution is -0.125. The van der Waals surface area contributed by atoms with Gasteiger partial charge in [0.2, 0.25) is 5.91 Å². The lowest BCUT2D eigenvalue weighted by atomic mass is 9.72. The first-order valence-corrected chi connectivity index (χ1v) is 9.40. The fourth-order valence-electron chi connectivity index (χ4n) is 3.77. The Morgan fingerprint density at radius 1 is 1.17 bits per heavy atom. The van der Waals surface area contributed by atoms with Gasteiger partial charge in [-0.1, -0.05) is 25.5 Å². The van der Waals surface area contributed by atoms with Gasteiger partial charge in [-0.15, -0.1) is 0 Å². The minimum Gasteiger partial charge on any atom is -0.366 e. The average molecular weight is 350 g/mol. The molecule has 1 aliphatic heterocycles. The van der Waals surface area contributed by atoms with Gasteiger partial charge in [-0.2, -0.15) is 0 Å². The van der Waals surface area contributed by atoms with Crippen molar-refractivity contribution in [3.8, 4) is 0 Å². The zero-order chi connectivity index (χ0) is 17.7. The topological polar surface area (TPSA) is 35.6 Å². The summed E-state index contributed by atoms with van der Waals surface area (Å²) in [6.45, 7) is 10.00. The maximum absolute atomic E-state index is 12.6. The van der Waals surface area contributed by atoms with Crippen molar-refractivity contribution < 1.29 is 4.79 Å². The number of amides is 1. The van der Waals surface area contributed by atoms with Gasteiger partial charge in [0, 0.05) is 39.3 Å². The highest BCUT2D eigenvalue weighted by atomic mass is 32.1. The standard InChI is InChI=1S/C19H31N3OS/c1-15-7-5-10-19(2,3)16(15)8-9-17(23)21-11-6-12-22(14-13-21)18(24)20-4/h8-9H,5-7,10-14H2,1-4H3,(H,20,24). The minimum absolute atomic E-state index is 0.119. The fraction of sp³-hybridized carbons (Fsp3) is 0.684. The van der Waals surface area contributed by atoms with Gasteiger partial charge in [-0.3, -0.25) is 4.79 Å². The molecule has 0 saturated carbocycles. The first kappa shape index (κ1) is 19.0. The van der Waals surface area contributed by atoms with Crippen molar-refractivity contribution in [2.24, 2.45) is 5.41 Å². The normalized spacial score (nSPS) is 21.8. The summed E-state index contributed by atoms with van der Waals surface area (Å²) in [4.78, 5) is 16.7. The van der Waals surface area contributed by atoms with Gasteiger partial charge in [0.1, 0.15) is 0 Å². The number of hydrogen-bond donors (Lipinski definition) is 1. The first-order valence-electron chi connectivity index (χ1n) is 8.99. The van der Waals surface area contributed by atoms with E-state index in [2.05, 4.69) is 37.1 Å². The van der Waals surface area contributed by atoms with Crippen LogP contribution in [-0.4, -0.2) is 54.0 Å². The maximum atomic E-state index is 12.6. The Labute approximate surface area is 152 Å². The lowest BCUT2D eigenvalue weighted by Crippen LogP contribution is -2.40. The molecule has 4 nitrogen and oxygen atoms in total. The van der Waals surface area contributed by atoms with Crippen molar-refractivity contribution >= 4 is 23.2 Å². The summed E-state index contributed by atoms with van der Waals surface area (Å²) in [6.07, 6.45) is 8.39. The van der Waals surface area contributed by atoms with E-state index in [9.17, 15) is 4.79 Å². The number of nitrogens with zero attached hydrogens (tertiary/aromatic N) is 2. The molecule has 5 heteroatoms. The van der Waals surface area contributed by atoms with Crippen LogP contribution in [0.5, 0.6) is 0 Å². The van der Waals surface area contributed by atoms with Gasteiger partial charge >= 0.3 is 0 Å². The van der Waals surface area contributed by atoms with Gasteiger partial charge in [-0.05, 0) is 55.8 Å². The number of thiocarbonyl (C=S) groups is 1. The molecule has 1 N–H and O–H groups in total. The first-order chi connectivity index (χ1) is 11.3. The molecule has 0 aromatic carbocycles. The fourth-order valence-corrected chi connectivity index (χ4v) is 3.95. The van der Waals surface area contributed by atoms with Crippen molar-refractivity contribution in [2.75, 3.05) is 33.2 Å². The third-order valence-corrected chi connectivity index (χ3v) is 5.71. The van der Waals surface area contributed by atoms with Crippen LogP contribution in [0.15, 0.2) is 23.3 Å². The zero-order valence-corrected chi connectivity index (χ0v) is 16.3. The third kappa shape index (κ3) is 4.59. The zero-order valence-electron chi connectivity index (χ0n) is 15.5. The molecule has 0 atom stereocenters. The van der Waals surface area contributed by atoms with Crippen LogP contribution in [0.25, 0.3) is 0 Å². The molecule has 1 heterocycles. The number of nitrogens with one attached hydrogen (secondary N) is 1. The quantitative estimate of drug-likeness (QED) is 0.614. The molecule has 1 amide bonds. The molecule has 1 fully saturated rings. The van der Waals surface area contributed by atoms with E-state index in [1.165, 1.54) is 24.0 Å². The molecule has 0 radical (unpaired) electrons. The second kappa shape index (κ2) is 8.15. The average Bonchev–Trinajstić information content (AvgIpc) is 2.79. The van der Waals surface area contributed by atoms with Crippen molar-refractivity contribution in [1.82, 2.24) is 15.1 Å². The summed E-state index contributed by atoms with van der Waals surface area (Å²) in [5.41, 5.74) is 2.94. The molecule has 2 rings (SSSR count). The molecule has 1 saturated heterocycles. The van der Waals surface area contributed by atoms with Gasteiger partial charge in [0.25, 0.3) is 0 Å². The second-order valence-corrected chi connectivity index (χ2v) is 7.87. The Morgan fingerprint density at radius 3 is 2.50 bits per heavy atom. The van der Waals surface area contributed by atoms with Gasteiger partial charge < -0.3 is 15.1 Å². The van der Waals surface area contributed by atoms with Crippen molar-refractivity contribution in [3.05, 3.63) is 23.3 Å². The van der Waals surface area contributed by atoms with Crippen LogP contribution < -0.4 is 5.32 Å². The van der Waals surface area contributed by atoms with Crippen LogP contribution in [0.3, 0.4) is 0 Å². The number of allylic oxidation sites excluding steroid dienone is 3. The van der Waals surface area contributed by atoms with Crippen molar-refractivity contribution in [1.29, 1.82) is 0 Å². The number of carbonyl (C=O) groups is 1. The Hall–Kier alpha value is -1.36. The van der Waals surface area contributed by atoms with Crippen LogP contribution in [-0.2, 0) is 4.79 Å². The van der Waals surface area contributed by atoms with E-state index in [4.69, 9.17) is 12.2 Å². The predicted octanol–water partition coefficient (Wildman–Crippen LogP) is 3.11. The highest BCUT2D eigenvalue weighted by Gasteiger charge is 2.27. The van der Waals surface area contributed by atoms with Crippen LogP contribution >= 0.6 is 12.2 Å². The Kier molecular flexibility index (Phi) is 6.44. The number of carbonyl (C=O) groups excluding carboxylic acids is 1. The Balaban J connectivity index is 2.00. The highest BCUT2D eigenvalue weighted by Crippen LogP contribution is 2.40. The molecule has 0 spiro atoms. The molecule has 0 aromatic rings. The largest absolute Gasteiger partial charge is 0.366 e. The van der Waals surface area contributed by atoms with Crippen LogP contribution in [0.1, 0.15) is 46.5 Å². The van der Waals surface area contributed by atoms with E-state index in [-0.39, 0.29) is 11.3 Å². The van der Waals surface area contributed by atoms with E-state index >= 15 is 0 Å². The summed E-state index contributed by atoms with van der Waals surface area (Å²) in [5, 5.41) is 3.79. The van der Waals surface area contributed by atoms with E-state index < -0.39 is 0 Å². The summed E-state index contributed by atoms with van der Waals surface area (Å²) in [7, 11) is 1.85. The van der Waals surface area contributed by atoms with Gasteiger partial charge in [0.15, 0.2) is 5.11 Å². The second-order valence-electron chi connectivity index (χ2n) is 7.49. The van der Waals surface area contributed by atoms with Crippen LogP contribution in [0, 0.1) is 5.41 Å². The predicted molar refractivity (Wildman–Crippen MR) is 104 cm³/mol. The molecule has 134 valence electrons. The molecule has 24 heavy (non-hydrogen) atoms. The number of hydrogen-bond acceptors (Lipinski definition) is 2. The SMILES string of the molecule is CNC(=S)N1CCCN(C(=O)C=CC2=C(C)CCCC2(C)C)CC1. The lowest BCUT2D eigenvalue weighted by Gasteiger charge is -2.33. The summed E-state index contributed by atoms with van der Waals surface area (Å²) in [5.74, 6) is 0.119. The molecule has 0 aromatic heterocycles. The highest BCUT2D eigenvalue weighted by molar-refractivity contribution is 7.80. The smallest absolute Gasteiger partial charge is 0.246 e. The molecule has 1 aliphatic carbocycles. The van der Waals surface area contributed by atoms with E-state index in [0.717, 1.165) is 44.1 Å². The maximum Gasteiger partial charge on any atom is 0.246 e. The van der Waals surface area contributed by atoms with E-state index in [1.54, 1.807) is 6.08 Å². The van der Waals surface area contributed by atoms with Crippen LogP contribution in [0.2, 0.25) is 0 Å². The number of rotatable bonds is 2. The van der Waals surface area contributed by atoms with Crippen molar-refractivity contribution in [3.63, 3.8) is 0 Å². The van der Waals surface area contributed by atoms with E-state index in [0.29, 0.717) is 0 Å². The molecule has 0 unspecified atom stereocenters. The van der Waals surface area contributed by atoms with E-state index in [1.807, 2.05) is 11.9 Å². The molecule has 2 aliphatic rings. The summed E-state index contributed by atoms with van der Waals surface area (Å²) >= 11 is 5.31. The van der Waals surface area contributed by atoms with Gasteiger partial charge in [0.05, 0.1) is 0 Å². The molecular formula is C19H31N3OS. The van der Waals surface area contributed by atoms with Crippen molar-refractivity contribution in [2.45, 2.75) is 46.5 Å².